The Morgan fingerprint density at radius 3 is 2.68 bits per heavy atom. The van der Waals surface area contributed by atoms with Crippen LogP contribution in [0.1, 0.15) is 33.6 Å². The molecule has 1 heterocycles. The minimum absolute atomic E-state index is 0.367. The minimum Gasteiger partial charge on any atom is -0.316 e. The number of nitrogens with zero attached hydrogens (tertiary/aromatic N) is 2. The first kappa shape index (κ1) is 16.9. The molecule has 0 saturated carbocycles. The van der Waals surface area contributed by atoms with Crippen molar-refractivity contribution in [3.63, 3.8) is 0 Å². The smallest absolute Gasteiger partial charge is 0.217 e. The molecule has 1 fully saturated rings. The second-order valence-electron chi connectivity index (χ2n) is 5.37. The molecular formula is C13H29N3O2S. The van der Waals surface area contributed by atoms with Crippen LogP contribution in [0.15, 0.2) is 0 Å². The summed E-state index contributed by atoms with van der Waals surface area (Å²) in [5, 5.41) is 2.74. The zero-order chi connectivity index (χ0) is 14.5. The Morgan fingerprint density at radius 1 is 1.42 bits per heavy atom. The lowest BCUT2D eigenvalue weighted by atomic mass is 10.2. The van der Waals surface area contributed by atoms with Crippen molar-refractivity contribution < 1.29 is 8.42 Å². The van der Waals surface area contributed by atoms with E-state index in [4.69, 9.17) is 0 Å². The van der Waals surface area contributed by atoms with Crippen LogP contribution in [-0.2, 0) is 10.0 Å². The summed E-state index contributed by atoms with van der Waals surface area (Å²) in [7, 11) is -1.47. The average molecular weight is 291 g/mol. The second-order valence-corrected chi connectivity index (χ2v) is 7.83. The van der Waals surface area contributed by atoms with Crippen LogP contribution in [0.4, 0.5) is 0 Å². The summed E-state index contributed by atoms with van der Waals surface area (Å²) in [4.78, 5) is 2.38. The standard InChI is InChI=1S/C13H29N3O2S/c1-5-14-10-12(3)19(17,18)15(4)11-13-8-7-9-16(13)6-2/h12-14H,5-11H2,1-4H3. The van der Waals surface area contributed by atoms with Crippen molar-refractivity contribution in [3.8, 4) is 0 Å². The predicted molar refractivity (Wildman–Crippen MR) is 79.8 cm³/mol. The third-order valence-electron chi connectivity index (χ3n) is 4.00. The summed E-state index contributed by atoms with van der Waals surface area (Å²) in [6, 6.07) is 0.385. The van der Waals surface area contributed by atoms with Crippen molar-refractivity contribution >= 4 is 10.0 Å². The molecule has 0 radical (unpaired) electrons. The van der Waals surface area contributed by atoms with Gasteiger partial charge in [-0.25, -0.2) is 12.7 Å². The van der Waals surface area contributed by atoms with Crippen molar-refractivity contribution in [3.05, 3.63) is 0 Å². The van der Waals surface area contributed by atoms with Crippen LogP contribution in [0, 0.1) is 0 Å². The highest BCUT2D eigenvalue weighted by atomic mass is 32.2. The molecule has 0 aromatic heterocycles. The van der Waals surface area contributed by atoms with E-state index in [9.17, 15) is 8.42 Å². The molecule has 2 atom stereocenters. The molecule has 0 aromatic rings. The van der Waals surface area contributed by atoms with Crippen molar-refractivity contribution in [1.29, 1.82) is 0 Å². The SMILES string of the molecule is CCNCC(C)S(=O)(=O)N(C)CC1CCCN1CC. The Bertz CT molecular complexity index is 359. The van der Waals surface area contributed by atoms with Gasteiger partial charge >= 0.3 is 0 Å². The predicted octanol–water partition coefficient (Wildman–Crippen LogP) is 0.730. The van der Waals surface area contributed by atoms with Crippen LogP contribution in [0.25, 0.3) is 0 Å². The van der Waals surface area contributed by atoms with E-state index in [-0.39, 0.29) is 5.25 Å². The molecule has 1 rings (SSSR count). The maximum atomic E-state index is 12.4. The highest BCUT2D eigenvalue weighted by molar-refractivity contribution is 7.89. The largest absolute Gasteiger partial charge is 0.316 e. The van der Waals surface area contributed by atoms with Gasteiger partial charge in [0.05, 0.1) is 5.25 Å². The molecule has 2 unspecified atom stereocenters. The summed E-state index contributed by atoms with van der Waals surface area (Å²) in [5.74, 6) is 0. The topological polar surface area (TPSA) is 52.7 Å². The van der Waals surface area contributed by atoms with Crippen molar-refractivity contribution in [2.24, 2.45) is 0 Å². The van der Waals surface area contributed by atoms with E-state index in [0.29, 0.717) is 19.1 Å². The molecule has 1 saturated heterocycles. The summed E-state index contributed by atoms with van der Waals surface area (Å²) < 4.78 is 26.3. The average Bonchev–Trinajstić information content (AvgIpc) is 2.82. The fourth-order valence-electron chi connectivity index (χ4n) is 2.68. The van der Waals surface area contributed by atoms with Gasteiger partial charge in [-0.1, -0.05) is 13.8 Å². The molecule has 6 heteroatoms. The Morgan fingerprint density at radius 2 is 2.11 bits per heavy atom. The molecule has 0 aromatic carbocycles. The van der Waals surface area contributed by atoms with Crippen LogP contribution >= 0.6 is 0 Å². The third kappa shape index (κ3) is 4.41. The van der Waals surface area contributed by atoms with E-state index in [2.05, 4.69) is 17.1 Å². The number of sulfonamides is 1. The first-order chi connectivity index (χ1) is 8.93. The lowest BCUT2D eigenvalue weighted by Crippen LogP contribution is -2.45. The van der Waals surface area contributed by atoms with Gasteiger partial charge in [-0.05, 0) is 39.4 Å². The zero-order valence-electron chi connectivity index (χ0n) is 12.7. The fourth-order valence-corrected chi connectivity index (χ4v) is 4.00. The number of hydrogen-bond acceptors (Lipinski definition) is 4. The van der Waals surface area contributed by atoms with E-state index in [1.165, 1.54) is 6.42 Å². The monoisotopic (exact) mass is 291 g/mol. The lowest BCUT2D eigenvalue weighted by Gasteiger charge is -2.29. The van der Waals surface area contributed by atoms with Gasteiger partial charge in [0.15, 0.2) is 0 Å². The van der Waals surface area contributed by atoms with Gasteiger partial charge in [0.1, 0.15) is 0 Å². The number of rotatable bonds is 8. The highest BCUT2D eigenvalue weighted by Crippen LogP contribution is 2.19. The molecule has 0 amide bonds. The number of hydrogen-bond donors (Lipinski definition) is 1. The highest BCUT2D eigenvalue weighted by Gasteiger charge is 2.31. The normalized spacial score (nSPS) is 23.1. The van der Waals surface area contributed by atoms with E-state index in [1.54, 1.807) is 18.3 Å². The van der Waals surface area contributed by atoms with Crippen LogP contribution < -0.4 is 5.32 Å². The summed E-state index contributed by atoms with van der Waals surface area (Å²) in [6.45, 7) is 9.95. The van der Waals surface area contributed by atoms with Gasteiger partial charge in [-0.3, -0.25) is 4.90 Å². The van der Waals surface area contributed by atoms with Gasteiger partial charge in [0, 0.05) is 26.2 Å². The Kier molecular flexibility index (Phi) is 6.73. The second kappa shape index (κ2) is 7.57. The molecule has 1 aliphatic heterocycles. The number of likely N-dealkylation sites (tertiary alicyclic amines) is 1. The Balaban J connectivity index is 2.58. The fraction of sp³-hybridized carbons (Fsp3) is 1.00. The van der Waals surface area contributed by atoms with E-state index in [1.807, 2.05) is 6.92 Å². The first-order valence-corrected chi connectivity index (χ1v) is 8.83. The van der Waals surface area contributed by atoms with E-state index >= 15 is 0 Å². The number of likely N-dealkylation sites (N-methyl/N-ethyl adjacent to an activating group) is 2. The molecule has 5 nitrogen and oxygen atoms in total. The van der Waals surface area contributed by atoms with Crippen molar-refractivity contribution in [2.45, 2.75) is 44.9 Å². The van der Waals surface area contributed by atoms with Crippen LogP contribution in [0.3, 0.4) is 0 Å². The van der Waals surface area contributed by atoms with Crippen molar-refractivity contribution in [1.82, 2.24) is 14.5 Å². The molecule has 1 N–H and O–H groups in total. The van der Waals surface area contributed by atoms with Crippen LogP contribution in [0.5, 0.6) is 0 Å². The third-order valence-corrected chi connectivity index (χ3v) is 6.20. The first-order valence-electron chi connectivity index (χ1n) is 7.33. The van der Waals surface area contributed by atoms with Gasteiger partial charge in [0.25, 0.3) is 0 Å². The molecule has 0 aliphatic carbocycles. The molecule has 0 spiro atoms. The Labute approximate surface area is 118 Å². The molecule has 0 bridgehead atoms. The van der Waals surface area contributed by atoms with Gasteiger partial charge < -0.3 is 5.32 Å². The quantitative estimate of drug-likeness (QED) is 0.716. The Hall–Kier alpha value is -0.170. The number of nitrogens with one attached hydrogen (secondary N) is 1. The van der Waals surface area contributed by atoms with Gasteiger partial charge in [-0.2, -0.15) is 0 Å². The van der Waals surface area contributed by atoms with E-state index in [0.717, 1.165) is 26.1 Å². The van der Waals surface area contributed by atoms with Gasteiger partial charge in [-0.15, -0.1) is 0 Å². The molecule has 114 valence electrons. The van der Waals surface area contributed by atoms with Crippen LogP contribution in [-0.4, -0.2) is 68.7 Å². The minimum atomic E-state index is -3.19. The van der Waals surface area contributed by atoms with Crippen LogP contribution in [0.2, 0.25) is 0 Å². The maximum absolute atomic E-state index is 12.4. The summed E-state index contributed by atoms with van der Waals surface area (Å²) in [6.07, 6.45) is 2.29. The van der Waals surface area contributed by atoms with E-state index < -0.39 is 10.0 Å². The maximum Gasteiger partial charge on any atom is 0.217 e. The molecular weight excluding hydrogens is 262 g/mol. The van der Waals surface area contributed by atoms with Gasteiger partial charge in [0.2, 0.25) is 10.0 Å². The van der Waals surface area contributed by atoms with Crippen molar-refractivity contribution in [2.75, 3.05) is 39.8 Å². The molecule has 1 aliphatic rings. The zero-order valence-corrected chi connectivity index (χ0v) is 13.5. The lowest BCUT2D eigenvalue weighted by molar-refractivity contribution is 0.237. The summed E-state index contributed by atoms with van der Waals surface area (Å²) in [5.41, 5.74) is 0. The molecule has 19 heavy (non-hydrogen) atoms. The summed E-state index contributed by atoms with van der Waals surface area (Å²) >= 11 is 0.